The van der Waals surface area contributed by atoms with Gasteiger partial charge in [-0.2, -0.15) is 0 Å². The van der Waals surface area contributed by atoms with Crippen LogP contribution in [0.2, 0.25) is 0 Å². The molecule has 1 atom stereocenters. The van der Waals surface area contributed by atoms with E-state index in [4.69, 9.17) is 0 Å². The lowest BCUT2D eigenvalue weighted by atomic mass is 9.75. The number of carbonyl (C=O) groups excluding carboxylic acids is 1. The maximum absolute atomic E-state index is 12.4. The Morgan fingerprint density at radius 1 is 1.15 bits per heavy atom. The lowest BCUT2D eigenvalue weighted by Gasteiger charge is -2.30. The molecule has 0 N–H and O–H groups in total. The van der Waals surface area contributed by atoms with Crippen molar-refractivity contribution in [2.45, 2.75) is 78.2 Å². The molecule has 1 unspecified atom stereocenters. The van der Waals surface area contributed by atoms with Crippen molar-refractivity contribution in [1.29, 1.82) is 0 Å². The van der Waals surface area contributed by atoms with Gasteiger partial charge in [0, 0.05) is 18.4 Å². The highest BCUT2D eigenvalue weighted by Crippen LogP contribution is 2.34. The van der Waals surface area contributed by atoms with Crippen LogP contribution in [0.1, 0.15) is 72.1 Å². The zero-order valence-corrected chi connectivity index (χ0v) is 13.7. The molecule has 1 aliphatic heterocycles. The first-order valence-corrected chi connectivity index (χ1v) is 8.88. The lowest BCUT2D eigenvalue weighted by Crippen LogP contribution is -2.30. The Labute approximate surface area is 125 Å². The molecule has 1 saturated heterocycles. The number of rotatable bonds is 6. The van der Waals surface area contributed by atoms with E-state index >= 15 is 0 Å². The average molecular weight is 279 g/mol. The molecule has 0 bridgehead atoms. The Morgan fingerprint density at radius 2 is 1.85 bits per heavy atom. The summed E-state index contributed by atoms with van der Waals surface area (Å²) in [7, 11) is 0. The van der Waals surface area contributed by atoms with Gasteiger partial charge >= 0.3 is 0 Å². The monoisotopic (exact) mass is 279 g/mol. The molecule has 1 saturated carbocycles. The van der Waals surface area contributed by atoms with Gasteiger partial charge in [-0.1, -0.05) is 20.8 Å². The molecule has 116 valence electrons. The SMILES string of the molecule is CCN1CCCC1CCC(=O)C1CCC(C(C)C)CC1. The van der Waals surface area contributed by atoms with E-state index in [1.807, 2.05) is 0 Å². The van der Waals surface area contributed by atoms with Gasteiger partial charge in [-0.15, -0.1) is 0 Å². The van der Waals surface area contributed by atoms with Crippen molar-refractivity contribution in [3.63, 3.8) is 0 Å². The number of carbonyl (C=O) groups is 1. The van der Waals surface area contributed by atoms with Crippen molar-refractivity contribution in [1.82, 2.24) is 4.90 Å². The summed E-state index contributed by atoms with van der Waals surface area (Å²) >= 11 is 0. The van der Waals surface area contributed by atoms with Crippen molar-refractivity contribution in [2.75, 3.05) is 13.1 Å². The predicted octanol–water partition coefficient (Wildman–Crippen LogP) is 4.28. The van der Waals surface area contributed by atoms with Crippen LogP contribution in [0.4, 0.5) is 0 Å². The third-order valence-corrected chi connectivity index (χ3v) is 5.80. The molecule has 2 heteroatoms. The fourth-order valence-corrected chi connectivity index (χ4v) is 4.26. The van der Waals surface area contributed by atoms with E-state index in [0.29, 0.717) is 17.7 Å². The first kappa shape index (κ1) is 16.0. The van der Waals surface area contributed by atoms with Gasteiger partial charge in [-0.25, -0.2) is 0 Å². The summed E-state index contributed by atoms with van der Waals surface area (Å²) in [6.07, 6.45) is 9.44. The Kier molecular flexibility index (Phi) is 6.07. The second-order valence-electron chi connectivity index (χ2n) is 7.29. The van der Waals surface area contributed by atoms with Crippen LogP contribution in [-0.2, 0) is 4.79 Å². The molecule has 20 heavy (non-hydrogen) atoms. The standard InChI is InChI=1S/C18H33NO/c1-4-19-13-5-6-17(19)11-12-18(20)16-9-7-15(8-10-16)14(2)3/h14-17H,4-13H2,1-3H3. The minimum absolute atomic E-state index is 0.390. The van der Waals surface area contributed by atoms with Crippen LogP contribution in [0.3, 0.4) is 0 Å². The topological polar surface area (TPSA) is 20.3 Å². The first-order chi connectivity index (χ1) is 9.61. The van der Waals surface area contributed by atoms with Crippen molar-refractivity contribution >= 4 is 5.78 Å². The van der Waals surface area contributed by atoms with Gasteiger partial charge in [0.2, 0.25) is 0 Å². The third-order valence-electron chi connectivity index (χ3n) is 5.80. The maximum Gasteiger partial charge on any atom is 0.136 e. The largest absolute Gasteiger partial charge is 0.301 e. The summed E-state index contributed by atoms with van der Waals surface area (Å²) < 4.78 is 0. The van der Waals surface area contributed by atoms with Crippen LogP contribution < -0.4 is 0 Å². The number of hydrogen-bond acceptors (Lipinski definition) is 2. The maximum atomic E-state index is 12.4. The highest BCUT2D eigenvalue weighted by molar-refractivity contribution is 5.81. The van der Waals surface area contributed by atoms with Crippen molar-refractivity contribution in [2.24, 2.45) is 17.8 Å². The minimum Gasteiger partial charge on any atom is -0.301 e. The van der Waals surface area contributed by atoms with E-state index in [1.54, 1.807) is 0 Å². The Morgan fingerprint density at radius 3 is 2.45 bits per heavy atom. The summed E-state index contributed by atoms with van der Waals surface area (Å²) in [5.41, 5.74) is 0. The van der Waals surface area contributed by atoms with Crippen LogP contribution in [0.15, 0.2) is 0 Å². The predicted molar refractivity (Wildman–Crippen MR) is 84.8 cm³/mol. The molecule has 0 aromatic rings. The molecule has 0 aromatic carbocycles. The molecule has 2 rings (SSSR count). The fourth-order valence-electron chi connectivity index (χ4n) is 4.26. The van der Waals surface area contributed by atoms with Gasteiger partial charge in [-0.05, 0) is 69.9 Å². The van der Waals surface area contributed by atoms with Crippen molar-refractivity contribution in [3.05, 3.63) is 0 Å². The number of nitrogens with zero attached hydrogens (tertiary/aromatic N) is 1. The number of Topliss-reactive ketones (excluding diaryl/α,β-unsaturated/α-hetero) is 1. The van der Waals surface area contributed by atoms with Gasteiger partial charge in [0.15, 0.2) is 0 Å². The van der Waals surface area contributed by atoms with Crippen LogP contribution in [0.25, 0.3) is 0 Å². The van der Waals surface area contributed by atoms with E-state index in [2.05, 4.69) is 25.7 Å². The lowest BCUT2D eigenvalue weighted by molar-refractivity contribution is -0.124. The van der Waals surface area contributed by atoms with Gasteiger partial charge < -0.3 is 4.90 Å². The molecular weight excluding hydrogens is 246 g/mol. The van der Waals surface area contributed by atoms with E-state index in [9.17, 15) is 4.79 Å². The van der Waals surface area contributed by atoms with E-state index < -0.39 is 0 Å². The molecule has 0 amide bonds. The summed E-state index contributed by atoms with van der Waals surface area (Å²) in [6, 6.07) is 0.691. The molecule has 2 aliphatic rings. The van der Waals surface area contributed by atoms with Gasteiger partial charge in [0.25, 0.3) is 0 Å². The highest BCUT2D eigenvalue weighted by atomic mass is 16.1. The highest BCUT2D eigenvalue weighted by Gasteiger charge is 2.29. The van der Waals surface area contributed by atoms with Crippen molar-refractivity contribution in [3.8, 4) is 0 Å². The Bertz CT molecular complexity index is 305. The van der Waals surface area contributed by atoms with Gasteiger partial charge in [-0.3, -0.25) is 4.79 Å². The van der Waals surface area contributed by atoms with Gasteiger partial charge in [0.1, 0.15) is 5.78 Å². The van der Waals surface area contributed by atoms with Crippen LogP contribution in [0, 0.1) is 17.8 Å². The second kappa shape index (κ2) is 7.59. The van der Waals surface area contributed by atoms with E-state index in [1.165, 1.54) is 32.2 Å². The zero-order valence-electron chi connectivity index (χ0n) is 13.7. The average Bonchev–Trinajstić information content (AvgIpc) is 2.92. The zero-order chi connectivity index (χ0) is 14.5. The third kappa shape index (κ3) is 4.07. The normalized spacial score (nSPS) is 31.9. The summed E-state index contributed by atoms with van der Waals surface area (Å²) in [6.45, 7) is 9.29. The molecule has 1 heterocycles. The minimum atomic E-state index is 0.390. The fraction of sp³-hybridized carbons (Fsp3) is 0.944. The quantitative estimate of drug-likeness (QED) is 0.723. The van der Waals surface area contributed by atoms with E-state index in [-0.39, 0.29) is 0 Å². The van der Waals surface area contributed by atoms with Crippen LogP contribution in [0.5, 0.6) is 0 Å². The summed E-state index contributed by atoms with van der Waals surface area (Å²) in [4.78, 5) is 15.0. The second-order valence-corrected chi connectivity index (χ2v) is 7.29. The Hall–Kier alpha value is -0.370. The van der Waals surface area contributed by atoms with Gasteiger partial charge in [0.05, 0.1) is 0 Å². The van der Waals surface area contributed by atoms with Crippen LogP contribution >= 0.6 is 0 Å². The molecule has 2 nitrogen and oxygen atoms in total. The smallest absolute Gasteiger partial charge is 0.136 e. The van der Waals surface area contributed by atoms with Crippen molar-refractivity contribution < 1.29 is 4.79 Å². The number of likely N-dealkylation sites (tertiary alicyclic amines) is 1. The first-order valence-electron chi connectivity index (χ1n) is 8.88. The molecule has 0 spiro atoms. The summed E-state index contributed by atoms with van der Waals surface area (Å²) in [5.74, 6) is 2.61. The molecule has 0 aromatic heterocycles. The molecule has 1 aliphatic carbocycles. The van der Waals surface area contributed by atoms with E-state index in [0.717, 1.165) is 44.1 Å². The Balaban J connectivity index is 1.70. The molecule has 0 radical (unpaired) electrons. The van der Waals surface area contributed by atoms with Crippen LogP contribution in [-0.4, -0.2) is 29.8 Å². The molecular formula is C18H33NO. The number of hydrogen-bond donors (Lipinski definition) is 0. The molecule has 2 fully saturated rings. The summed E-state index contributed by atoms with van der Waals surface area (Å²) in [5, 5.41) is 0. The number of ketones is 1.